The number of aliphatic hydroxyl groups excluding tert-OH is 2. The van der Waals surface area contributed by atoms with E-state index in [1.165, 1.54) is 398 Å². The molecule has 1 amide bonds. The molecule has 0 radical (unpaired) electrons. The minimum atomic E-state index is -0.842. The molecule has 0 aromatic heterocycles. The van der Waals surface area contributed by atoms with Gasteiger partial charge in [0.2, 0.25) is 5.91 Å². The van der Waals surface area contributed by atoms with Crippen LogP contribution < -0.4 is 5.32 Å². The fourth-order valence-corrected chi connectivity index (χ4v) is 13.0. The zero-order valence-corrected chi connectivity index (χ0v) is 58.8. The SMILES string of the molecule is CCCCCCCCCCCCCCCCCCCCCC/C=C/C(O)C(CO)NC(=O)CCCCCCCCCCCCCCCCCCCCCCCCCCCCCCCCCCOC(=O)CCCCCCCCCCCCCCCCC. The average molecular weight is 1210 g/mol. The van der Waals surface area contributed by atoms with Crippen LogP contribution in [0.5, 0.6) is 0 Å². The number of aliphatic hydroxyl groups is 2. The summed E-state index contributed by atoms with van der Waals surface area (Å²) in [5, 5.41) is 23.3. The van der Waals surface area contributed by atoms with Crippen molar-refractivity contribution in [3.05, 3.63) is 12.2 Å². The van der Waals surface area contributed by atoms with Gasteiger partial charge in [-0.2, -0.15) is 0 Å². The van der Waals surface area contributed by atoms with E-state index in [1.807, 2.05) is 6.08 Å². The molecule has 512 valence electrons. The number of carbonyl (C=O) groups is 2. The van der Waals surface area contributed by atoms with Gasteiger partial charge in [0.1, 0.15) is 0 Å². The number of rotatable bonds is 76. The Labute approximate surface area is 539 Å². The third-order valence-electron chi connectivity index (χ3n) is 19.1. The Morgan fingerprint density at radius 1 is 0.314 bits per heavy atom. The second-order valence-corrected chi connectivity index (χ2v) is 27.8. The van der Waals surface area contributed by atoms with Crippen molar-refractivity contribution in [3.8, 4) is 0 Å². The van der Waals surface area contributed by atoms with E-state index < -0.39 is 12.1 Å². The van der Waals surface area contributed by atoms with Gasteiger partial charge in [0, 0.05) is 12.8 Å². The molecular weight excluding hydrogens is 1050 g/mol. The molecule has 2 atom stereocenters. The fraction of sp³-hybridized carbons (Fsp3) is 0.950. The zero-order valence-electron chi connectivity index (χ0n) is 58.8. The van der Waals surface area contributed by atoms with Crippen molar-refractivity contribution in [3.63, 3.8) is 0 Å². The van der Waals surface area contributed by atoms with Crippen molar-refractivity contribution < 1.29 is 24.5 Å². The van der Waals surface area contributed by atoms with Crippen molar-refractivity contribution in [2.75, 3.05) is 13.2 Å². The van der Waals surface area contributed by atoms with Crippen LogP contribution in [0.25, 0.3) is 0 Å². The quantitative estimate of drug-likeness (QED) is 0.0320. The molecule has 86 heavy (non-hydrogen) atoms. The van der Waals surface area contributed by atoms with Crippen molar-refractivity contribution in [1.82, 2.24) is 5.32 Å². The molecule has 0 spiro atoms. The first-order chi connectivity index (χ1) is 42.5. The summed E-state index contributed by atoms with van der Waals surface area (Å²) >= 11 is 0. The lowest BCUT2D eigenvalue weighted by atomic mass is 10.0. The van der Waals surface area contributed by atoms with Gasteiger partial charge in [-0.1, -0.05) is 431 Å². The van der Waals surface area contributed by atoms with Crippen LogP contribution in [0.15, 0.2) is 12.2 Å². The van der Waals surface area contributed by atoms with E-state index in [2.05, 4.69) is 19.2 Å². The molecular formula is C80H157NO5. The molecule has 0 aliphatic heterocycles. The Balaban J connectivity index is 3.34. The van der Waals surface area contributed by atoms with Gasteiger partial charge in [-0.3, -0.25) is 9.59 Å². The highest BCUT2D eigenvalue weighted by Gasteiger charge is 2.18. The Morgan fingerprint density at radius 3 is 0.791 bits per heavy atom. The molecule has 3 N–H and O–H groups in total. The highest BCUT2D eigenvalue weighted by Crippen LogP contribution is 2.20. The lowest BCUT2D eigenvalue weighted by Gasteiger charge is -2.20. The minimum absolute atomic E-state index is 0.0251. The Hall–Kier alpha value is -1.40. The second kappa shape index (κ2) is 76.1. The van der Waals surface area contributed by atoms with Crippen LogP contribution in [0.4, 0.5) is 0 Å². The Morgan fingerprint density at radius 2 is 0.535 bits per heavy atom. The maximum atomic E-state index is 12.5. The predicted octanol–water partition coefficient (Wildman–Crippen LogP) is 26.3. The summed E-state index contributed by atoms with van der Waals surface area (Å²) in [6, 6.07) is -0.625. The maximum Gasteiger partial charge on any atom is 0.305 e. The number of hydrogen-bond donors (Lipinski definition) is 3. The van der Waals surface area contributed by atoms with E-state index in [1.54, 1.807) is 6.08 Å². The summed E-state index contributed by atoms with van der Waals surface area (Å²) < 4.78 is 5.51. The largest absolute Gasteiger partial charge is 0.466 e. The van der Waals surface area contributed by atoms with E-state index >= 15 is 0 Å². The summed E-state index contributed by atoms with van der Waals surface area (Å²) in [7, 11) is 0. The van der Waals surface area contributed by atoms with Crippen molar-refractivity contribution in [2.45, 2.75) is 475 Å². The van der Waals surface area contributed by atoms with Crippen LogP contribution in [0.1, 0.15) is 463 Å². The van der Waals surface area contributed by atoms with Crippen LogP contribution in [0.2, 0.25) is 0 Å². The van der Waals surface area contributed by atoms with Crippen molar-refractivity contribution >= 4 is 11.9 Å². The number of amides is 1. The van der Waals surface area contributed by atoms with E-state index in [-0.39, 0.29) is 18.5 Å². The third-order valence-corrected chi connectivity index (χ3v) is 19.1. The number of nitrogens with one attached hydrogen (secondary N) is 1. The molecule has 0 rings (SSSR count). The number of allylic oxidation sites excluding steroid dienone is 1. The van der Waals surface area contributed by atoms with Gasteiger partial charge < -0.3 is 20.3 Å². The summed E-state index contributed by atoms with van der Waals surface area (Å²) in [5.41, 5.74) is 0. The highest BCUT2D eigenvalue weighted by molar-refractivity contribution is 5.76. The zero-order chi connectivity index (χ0) is 62.0. The van der Waals surface area contributed by atoms with Crippen LogP contribution in [0.3, 0.4) is 0 Å². The molecule has 0 aliphatic carbocycles. The normalized spacial score (nSPS) is 12.5. The lowest BCUT2D eigenvalue weighted by Crippen LogP contribution is -2.45. The summed E-state index contributed by atoms with van der Waals surface area (Å²) in [6.07, 6.45) is 96.2. The smallest absolute Gasteiger partial charge is 0.305 e. The van der Waals surface area contributed by atoms with Gasteiger partial charge in [-0.05, 0) is 32.1 Å². The summed E-state index contributed by atoms with van der Waals surface area (Å²) in [6.45, 7) is 4.97. The number of unbranched alkanes of at least 4 members (excludes halogenated alkanes) is 65. The molecule has 0 aromatic carbocycles. The van der Waals surface area contributed by atoms with Crippen LogP contribution in [0, 0.1) is 0 Å². The predicted molar refractivity (Wildman–Crippen MR) is 380 cm³/mol. The molecule has 6 heteroatoms. The molecule has 6 nitrogen and oxygen atoms in total. The number of ether oxygens (including phenoxy) is 1. The van der Waals surface area contributed by atoms with Gasteiger partial charge in [0.05, 0.1) is 25.4 Å². The molecule has 0 bridgehead atoms. The minimum Gasteiger partial charge on any atom is -0.466 e. The Bertz CT molecular complexity index is 1300. The van der Waals surface area contributed by atoms with Gasteiger partial charge in [0.15, 0.2) is 0 Å². The lowest BCUT2D eigenvalue weighted by molar-refractivity contribution is -0.143. The third kappa shape index (κ3) is 71.7. The monoisotopic (exact) mass is 1210 g/mol. The van der Waals surface area contributed by atoms with E-state index in [0.717, 1.165) is 38.5 Å². The van der Waals surface area contributed by atoms with Gasteiger partial charge >= 0.3 is 5.97 Å². The Kier molecular flexibility index (Phi) is 74.8. The number of carbonyl (C=O) groups excluding carboxylic acids is 2. The maximum absolute atomic E-state index is 12.5. The molecule has 2 unspecified atom stereocenters. The van der Waals surface area contributed by atoms with Crippen molar-refractivity contribution in [1.29, 1.82) is 0 Å². The first-order valence-corrected chi connectivity index (χ1v) is 40.0. The number of hydrogen-bond acceptors (Lipinski definition) is 5. The van der Waals surface area contributed by atoms with Gasteiger partial charge in [-0.25, -0.2) is 0 Å². The van der Waals surface area contributed by atoms with Gasteiger partial charge in [-0.15, -0.1) is 0 Å². The first kappa shape index (κ1) is 84.6. The molecule has 0 saturated heterocycles. The molecule has 0 heterocycles. The topological polar surface area (TPSA) is 95.9 Å². The standard InChI is InChI=1S/C80H157NO5/c1-3-5-7-9-11-13-15-17-19-20-21-22-35-38-41-45-48-52-56-60-64-68-72-78(83)77(76-82)81-79(84)73-69-65-61-57-53-49-46-42-39-36-33-31-29-27-25-23-24-26-28-30-32-34-37-40-43-47-51-55-59-63-67-71-75-86-80(85)74-70-66-62-58-54-50-44-18-16-14-12-10-8-6-4-2/h68,72,77-78,82-83H,3-67,69-71,73-76H2,1-2H3,(H,81,84)/b72-68+. The van der Waals surface area contributed by atoms with E-state index in [9.17, 15) is 19.8 Å². The van der Waals surface area contributed by atoms with Crippen LogP contribution in [-0.2, 0) is 14.3 Å². The van der Waals surface area contributed by atoms with E-state index in [4.69, 9.17) is 4.74 Å². The number of esters is 1. The van der Waals surface area contributed by atoms with Crippen LogP contribution in [-0.4, -0.2) is 47.4 Å². The van der Waals surface area contributed by atoms with Crippen molar-refractivity contribution in [2.24, 2.45) is 0 Å². The van der Waals surface area contributed by atoms with E-state index in [0.29, 0.717) is 19.4 Å². The summed E-state index contributed by atoms with van der Waals surface area (Å²) in [4.78, 5) is 24.6. The fourth-order valence-electron chi connectivity index (χ4n) is 13.0. The summed E-state index contributed by atoms with van der Waals surface area (Å²) in [5.74, 6) is -0.0328. The van der Waals surface area contributed by atoms with Gasteiger partial charge in [0.25, 0.3) is 0 Å². The second-order valence-electron chi connectivity index (χ2n) is 27.8. The molecule has 0 fully saturated rings. The molecule has 0 aromatic rings. The van der Waals surface area contributed by atoms with Crippen LogP contribution >= 0.6 is 0 Å². The average Bonchev–Trinajstić information content (AvgIpc) is 3.52. The highest BCUT2D eigenvalue weighted by atomic mass is 16.5. The molecule has 0 aliphatic rings. The first-order valence-electron chi connectivity index (χ1n) is 40.0. The molecule has 0 saturated carbocycles.